The van der Waals surface area contributed by atoms with Crippen molar-refractivity contribution in [2.45, 2.75) is 6.92 Å². The summed E-state index contributed by atoms with van der Waals surface area (Å²) in [5, 5.41) is 6.16. The zero-order valence-electron chi connectivity index (χ0n) is 10.5. The minimum absolute atomic E-state index is 0.200. The molecule has 6 heteroatoms. The maximum atomic E-state index is 13.4. The summed E-state index contributed by atoms with van der Waals surface area (Å²) in [5.41, 5.74) is 1.33. The van der Waals surface area contributed by atoms with Gasteiger partial charge in [-0.15, -0.1) is 0 Å². The van der Waals surface area contributed by atoms with Crippen molar-refractivity contribution in [3.05, 3.63) is 58.6 Å². The lowest BCUT2D eigenvalue weighted by Crippen LogP contribution is -2.20. The summed E-state index contributed by atoms with van der Waals surface area (Å²) in [7, 11) is 0. The van der Waals surface area contributed by atoms with E-state index in [0.717, 1.165) is 0 Å². The Hall–Kier alpha value is -1.72. The van der Waals surface area contributed by atoms with Crippen molar-refractivity contribution in [1.29, 1.82) is 0 Å². The second kappa shape index (κ2) is 6.15. The third-order valence-corrected chi connectivity index (χ3v) is 3.23. The molecule has 2 aromatic carbocycles. The number of anilines is 2. The lowest BCUT2D eigenvalue weighted by atomic mass is 10.2. The summed E-state index contributed by atoms with van der Waals surface area (Å²) in [6.07, 6.45) is 0. The van der Waals surface area contributed by atoms with E-state index >= 15 is 0 Å². The summed E-state index contributed by atoms with van der Waals surface area (Å²) in [5.74, 6) is -0.761. The van der Waals surface area contributed by atoms with Crippen molar-refractivity contribution < 1.29 is 8.78 Å². The molecule has 0 amide bonds. The van der Waals surface area contributed by atoms with E-state index in [0.29, 0.717) is 22.0 Å². The van der Waals surface area contributed by atoms with E-state index in [-0.39, 0.29) is 10.9 Å². The van der Waals surface area contributed by atoms with Gasteiger partial charge in [-0.2, -0.15) is 0 Å². The molecule has 20 heavy (non-hydrogen) atoms. The third-order valence-electron chi connectivity index (χ3n) is 2.69. The first-order valence-corrected chi connectivity index (χ1v) is 6.54. The number of rotatable bonds is 2. The second-order valence-corrected chi connectivity index (χ2v) is 4.93. The average molecular weight is 313 g/mol. The molecule has 2 rings (SSSR count). The SMILES string of the molecule is Cc1c(F)cccc1NC(=S)Nc1cc(F)ccc1Cl. The molecule has 0 saturated carbocycles. The van der Waals surface area contributed by atoms with E-state index in [4.69, 9.17) is 23.8 Å². The Bertz CT molecular complexity index is 656. The van der Waals surface area contributed by atoms with Gasteiger partial charge in [0.25, 0.3) is 0 Å². The molecule has 0 heterocycles. The standard InChI is InChI=1S/C14H11ClF2N2S/c1-8-11(17)3-2-4-12(8)18-14(20)19-13-7-9(16)5-6-10(13)15/h2-7H,1H3,(H2,18,19,20). The van der Waals surface area contributed by atoms with Crippen LogP contribution in [-0.2, 0) is 0 Å². The van der Waals surface area contributed by atoms with E-state index in [2.05, 4.69) is 10.6 Å². The lowest BCUT2D eigenvalue weighted by Gasteiger charge is -2.13. The van der Waals surface area contributed by atoms with Crippen LogP contribution in [0.3, 0.4) is 0 Å². The van der Waals surface area contributed by atoms with E-state index in [1.165, 1.54) is 24.3 Å². The maximum Gasteiger partial charge on any atom is 0.175 e. The fourth-order valence-electron chi connectivity index (χ4n) is 1.61. The largest absolute Gasteiger partial charge is 0.332 e. The fraction of sp³-hybridized carbons (Fsp3) is 0.0714. The van der Waals surface area contributed by atoms with Gasteiger partial charge in [-0.1, -0.05) is 17.7 Å². The van der Waals surface area contributed by atoms with Crippen molar-refractivity contribution >= 4 is 40.3 Å². The highest BCUT2D eigenvalue weighted by Gasteiger charge is 2.07. The van der Waals surface area contributed by atoms with Crippen molar-refractivity contribution in [3.63, 3.8) is 0 Å². The molecular formula is C14H11ClF2N2S. The number of hydrogen-bond acceptors (Lipinski definition) is 1. The molecule has 0 saturated heterocycles. The molecule has 104 valence electrons. The fourth-order valence-corrected chi connectivity index (χ4v) is 2.00. The molecule has 0 aliphatic carbocycles. The lowest BCUT2D eigenvalue weighted by molar-refractivity contribution is 0.619. The summed E-state index contributed by atoms with van der Waals surface area (Å²) < 4.78 is 26.5. The first kappa shape index (κ1) is 14.7. The highest BCUT2D eigenvalue weighted by molar-refractivity contribution is 7.80. The topological polar surface area (TPSA) is 24.1 Å². The van der Waals surface area contributed by atoms with Crippen LogP contribution in [-0.4, -0.2) is 5.11 Å². The van der Waals surface area contributed by atoms with E-state index in [1.807, 2.05) is 0 Å². The van der Waals surface area contributed by atoms with E-state index in [1.54, 1.807) is 19.1 Å². The summed E-state index contributed by atoms with van der Waals surface area (Å²) in [6.45, 7) is 1.63. The van der Waals surface area contributed by atoms with Crippen molar-refractivity contribution in [2.24, 2.45) is 0 Å². The normalized spacial score (nSPS) is 10.2. The Kier molecular flexibility index (Phi) is 4.52. The predicted octanol–water partition coefficient (Wildman–Crippen LogP) is 4.74. The van der Waals surface area contributed by atoms with Crippen LogP contribution in [0.2, 0.25) is 5.02 Å². The minimum Gasteiger partial charge on any atom is -0.332 e. The van der Waals surface area contributed by atoms with Gasteiger partial charge in [0, 0.05) is 11.3 Å². The highest BCUT2D eigenvalue weighted by Crippen LogP contribution is 2.23. The van der Waals surface area contributed by atoms with Gasteiger partial charge < -0.3 is 10.6 Å². The van der Waals surface area contributed by atoms with Crippen LogP contribution >= 0.6 is 23.8 Å². The number of hydrogen-bond donors (Lipinski definition) is 2. The van der Waals surface area contributed by atoms with Gasteiger partial charge in [0.2, 0.25) is 0 Å². The Labute approximate surface area is 125 Å². The Morgan fingerprint density at radius 2 is 1.80 bits per heavy atom. The summed E-state index contributed by atoms with van der Waals surface area (Å²) in [4.78, 5) is 0. The third kappa shape index (κ3) is 3.43. The van der Waals surface area contributed by atoms with Crippen LogP contribution < -0.4 is 10.6 Å². The van der Waals surface area contributed by atoms with Gasteiger partial charge >= 0.3 is 0 Å². The zero-order chi connectivity index (χ0) is 14.7. The van der Waals surface area contributed by atoms with Gasteiger partial charge in [0.05, 0.1) is 10.7 Å². The predicted molar refractivity (Wildman–Crippen MR) is 82.4 cm³/mol. The molecule has 2 aromatic rings. The smallest absolute Gasteiger partial charge is 0.175 e. The van der Waals surface area contributed by atoms with Gasteiger partial charge in [0.15, 0.2) is 5.11 Å². The molecule has 0 aliphatic heterocycles. The zero-order valence-corrected chi connectivity index (χ0v) is 12.1. The highest BCUT2D eigenvalue weighted by atomic mass is 35.5. The summed E-state index contributed by atoms with van der Waals surface area (Å²) >= 11 is 11.0. The molecule has 0 radical (unpaired) electrons. The number of halogens is 3. The molecule has 2 nitrogen and oxygen atoms in total. The molecular weight excluding hydrogens is 302 g/mol. The second-order valence-electron chi connectivity index (χ2n) is 4.12. The van der Waals surface area contributed by atoms with Crippen LogP contribution in [0.5, 0.6) is 0 Å². The number of nitrogens with one attached hydrogen (secondary N) is 2. The van der Waals surface area contributed by atoms with E-state index in [9.17, 15) is 8.78 Å². The molecule has 0 aliphatic rings. The van der Waals surface area contributed by atoms with Crippen molar-refractivity contribution in [1.82, 2.24) is 0 Å². The number of benzene rings is 2. The molecule has 2 N–H and O–H groups in total. The van der Waals surface area contributed by atoms with Crippen LogP contribution in [0.25, 0.3) is 0 Å². The van der Waals surface area contributed by atoms with Gasteiger partial charge in [-0.3, -0.25) is 0 Å². The van der Waals surface area contributed by atoms with Gasteiger partial charge in [0.1, 0.15) is 11.6 Å². The van der Waals surface area contributed by atoms with Crippen molar-refractivity contribution in [3.8, 4) is 0 Å². The van der Waals surface area contributed by atoms with Crippen LogP contribution in [0, 0.1) is 18.6 Å². The van der Waals surface area contributed by atoms with Crippen LogP contribution in [0.4, 0.5) is 20.2 Å². The maximum absolute atomic E-state index is 13.4. The Morgan fingerprint density at radius 3 is 2.55 bits per heavy atom. The number of thiocarbonyl (C=S) groups is 1. The monoisotopic (exact) mass is 312 g/mol. The van der Waals surface area contributed by atoms with Gasteiger partial charge in [-0.25, -0.2) is 8.78 Å². The van der Waals surface area contributed by atoms with Crippen molar-refractivity contribution in [2.75, 3.05) is 10.6 Å². The average Bonchev–Trinajstić information content (AvgIpc) is 2.39. The Balaban J connectivity index is 2.13. The molecule has 0 atom stereocenters. The van der Waals surface area contributed by atoms with Crippen LogP contribution in [0.15, 0.2) is 36.4 Å². The Morgan fingerprint density at radius 1 is 1.10 bits per heavy atom. The first-order valence-electron chi connectivity index (χ1n) is 5.75. The molecule has 0 unspecified atom stereocenters. The molecule has 0 bridgehead atoms. The molecule has 0 spiro atoms. The molecule has 0 fully saturated rings. The van der Waals surface area contributed by atoms with Crippen LogP contribution in [0.1, 0.15) is 5.56 Å². The quantitative estimate of drug-likeness (QED) is 0.784. The molecule has 0 aromatic heterocycles. The first-order chi connectivity index (χ1) is 9.47. The van der Waals surface area contributed by atoms with Gasteiger partial charge in [-0.05, 0) is 49.5 Å². The van der Waals surface area contributed by atoms with E-state index < -0.39 is 5.82 Å². The summed E-state index contributed by atoms with van der Waals surface area (Å²) in [6, 6.07) is 8.53. The minimum atomic E-state index is -0.429.